The van der Waals surface area contributed by atoms with Crippen molar-refractivity contribution in [2.24, 2.45) is 0 Å². The van der Waals surface area contributed by atoms with Crippen LogP contribution in [0.25, 0.3) is 0 Å². The van der Waals surface area contributed by atoms with E-state index in [0.717, 1.165) is 32.5 Å². The molecule has 8 heteroatoms. The summed E-state index contributed by atoms with van der Waals surface area (Å²) in [7, 11) is 1.47. The molecular weight excluding hydrogens is 288 g/mol. The molecule has 0 aliphatic carbocycles. The number of piperidine rings is 1. The Balaban J connectivity index is 2.21. The van der Waals surface area contributed by atoms with E-state index in [1.807, 2.05) is 0 Å². The molecule has 1 aliphatic heterocycles. The third-order valence-electron chi connectivity index (χ3n) is 3.46. The van der Waals surface area contributed by atoms with E-state index in [1.165, 1.54) is 7.05 Å². The van der Waals surface area contributed by atoms with E-state index in [0.29, 0.717) is 19.4 Å². The van der Waals surface area contributed by atoms with E-state index in [1.54, 1.807) is 6.92 Å². The van der Waals surface area contributed by atoms with Gasteiger partial charge in [0.25, 0.3) is 0 Å². The molecule has 0 unspecified atom stereocenters. The molecule has 1 saturated heterocycles. The smallest absolute Gasteiger partial charge is 0.407 e. The van der Waals surface area contributed by atoms with Gasteiger partial charge >= 0.3 is 12.1 Å². The lowest BCUT2D eigenvalue weighted by Gasteiger charge is -2.32. The number of nitrogens with one attached hydrogen (secondary N) is 3. The maximum absolute atomic E-state index is 11.5. The molecule has 1 aliphatic rings. The van der Waals surface area contributed by atoms with Crippen LogP contribution in [0.3, 0.4) is 0 Å². The van der Waals surface area contributed by atoms with Crippen LogP contribution < -0.4 is 16.0 Å². The van der Waals surface area contributed by atoms with Crippen LogP contribution in [0.1, 0.15) is 32.6 Å². The number of imide groups is 1. The van der Waals surface area contributed by atoms with Crippen LogP contribution in [0.5, 0.6) is 0 Å². The Morgan fingerprint density at radius 3 is 2.77 bits per heavy atom. The van der Waals surface area contributed by atoms with Crippen molar-refractivity contribution in [2.75, 3.05) is 33.3 Å². The van der Waals surface area contributed by atoms with E-state index in [4.69, 9.17) is 4.74 Å². The summed E-state index contributed by atoms with van der Waals surface area (Å²) in [6, 6.07) is -0.394. The number of nitrogens with zero attached hydrogens (tertiary/aromatic N) is 1. The van der Waals surface area contributed by atoms with Gasteiger partial charge in [0.05, 0.1) is 6.61 Å². The first kappa shape index (κ1) is 18.2. The zero-order chi connectivity index (χ0) is 16.4. The summed E-state index contributed by atoms with van der Waals surface area (Å²) in [5.74, 6) is -0.280. The molecular formula is C14H26N4O4. The molecule has 0 aromatic carbocycles. The molecule has 1 heterocycles. The lowest BCUT2D eigenvalue weighted by Crippen LogP contribution is -2.48. The minimum atomic E-state index is -0.485. The molecule has 0 saturated carbocycles. The number of ether oxygens (including phenoxy) is 1. The number of carbonyl (C=O) groups excluding carboxylic acids is 3. The molecule has 0 aromatic rings. The fraction of sp³-hybridized carbons (Fsp3) is 0.786. The Hall–Kier alpha value is -1.83. The molecule has 1 fully saturated rings. The Morgan fingerprint density at radius 2 is 2.09 bits per heavy atom. The zero-order valence-corrected chi connectivity index (χ0v) is 13.3. The fourth-order valence-electron chi connectivity index (χ4n) is 2.43. The maximum Gasteiger partial charge on any atom is 0.407 e. The van der Waals surface area contributed by atoms with Gasteiger partial charge in [-0.15, -0.1) is 0 Å². The molecule has 1 rings (SSSR count). The SMILES string of the molecule is CCOC(=O)N[C@@H]1CCCN(CCCC(=O)NC(=O)NC)C1. The van der Waals surface area contributed by atoms with E-state index in [-0.39, 0.29) is 18.0 Å². The molecule has 22 heavy (non-hydrogen) atoms. The highest BCUT2D eigenvalue weighted by Crippen LogP contribution is 2.11. The highest BCUT2D eigenvalue weighted by molar-refractivity contribution is 5.94. The Kier molecular flexibility index (Phi) is 8.27. The van der Waals surface area contributed by atoms with Crippen molar-refractivity contribution in [3.05, 3.63) is 0 Å². The first-order chi connectivity index (χ1) is 10.5. The van der Waals surface area contributed by atoms with Crippen molar-refractivity contribution in [1.82, 2.24) is 20.9 Å². The van der Waals surface area contributed by atoms with Gasteiger partial charge in [-0.1, -0.05) is 0 Å². The highest BCUT2D eigenvalue weighted by atomic mass is 16.5. The number of rotatable bonds is 6. The predicted octanol–water partition coefficient (Wildman–Crippen LogP) is 0.433. The van der Waals surface area contributed by atoms with Gasteiger partial charge in [0.2, 0.25) is 5.91 Å². The first-order valence-corrected chi connectivity index (χ1v) is 7.72. The van der Waals surface area contributed by atoms with Gasteiger partial charge < -0.3 is 20.3 Å². The number of likely N-dealkylation sites (tertiary alicyclic amines) is 1. The van der Waals surface area contributed by atoms with Crippen LogP contribution in [0.4, 0.5) is 9.59 Å². The lowest BCUT2D eigenvalue weighted by molar-refractivity contribution is -0.120. The third kappa shape index (κ3) is 7.26. The Morgan fingerprint density at radius 1 is 1.32 bits per heavy atom. The zero-order valence-electron chi connectivity index (χ0n) is 13.3. The van der Waals surface area contributed by atoms with Crippen molar-refractivity contribution >= 4 is 18.0 Å². The Bertz CT molecular complexity index is 389. The summed E-state index contributed by atoms with van der Waals surface area (Å²) in [4.78, 5) is 36.1. The quantitative estimate of drug-likeness (QED) is 0.660. The predicted molar refractivity (Wildman–Crippen MR) is 81.5 cm³/mol. The molecule has 1 atom stereocenters. The summed E-state index contributed by atoms with van der Waals surface area (Å²) in [5, 5.41) is 7.42. The standard InChI is InChI=1S/C14H26N4O4/c1-3-22-14(21)16-11-6-4-8-18(10-11)9-5-7-12(19)17-13(20)15-2/h11H,3-10H2,1-2H3,(H,16,21)(H2,15,17,19,20)/t11-/m1/s1. The molecule has 8 nitrogen and oxygen atoms in total. The molecule has 0 bridgehead atoms. The number of hydrogen-bond donors (Lipinski definition) is 3. The number of amides is 4. The Labute approximate surface area is 130 Å². The van der Waals surface area contributed by atoms with Crippen molar-refractivity contribution < 1.29 is 19.1 Å². The second-order valence-electron chi connectivity index (χ2n) is 5.24. The van der Waals surface area contributed by atoms with Gasteiger partial charge in [-0.05, 0) is 39.3 Å². The van der Waals surface area contributed by atoms with Crippen molar-refractivity contribution in [2.45, 2.75) is 38.6 Å². The average Bonchev–Trinajstić information content (AvgIpc) is 2.47. The summed E-state index contributed by atoms with van der Waals surface area (Å²) in [6.45, 7) is 4.62. The monoisotopic (exact) mass is 314 g/mol. The molecule has 126 valence electrons. The van der Waals surface area contributed by atoms with Gasteiger partial charge in [-0.25, -0.2) is 9.59 Å². The van der Waals surface area contributed by atoms with Crippen molar-refractivity contribution in [3.63, 3.8) is 0 Å². The summed E-state index contributed by atoms with van der Waals surface area (Å²) >= 11 is 0. The van der Waals surface area contributed by atoms with Crippen LogP contribution in [0.15, 0.2) is 0 Å². The minimum Gasteiger partial charge on any atom is -0.450 e. The molecule has 3 N–H and O–H groups in total. The van der Waals surface area contributed by atoms with E-state index in [2.05, 4.69) is 20.9 Å². The molecule has 0 aromatic heterocycles. The largest absolute Gasteiger partial charge is 0.450 e. The van der Waals surface area contributed by atoms with Gasteiger partial charge in [0.15, 0.2) is 0 Å². The van der Waals surface area contributed by atoms with Gasteiger partial charge in [0.1, 0.15) is 0 Å². The molecule has 4 amide bonds. The van der Waals surface area contributed by atoms with E-state index >= 15 is 0 Å². The normalized spacial score (nSPS) is 18.4. The van der Waals surface area contributed by atoms with Crippen molar-refractivity contribution in [3.8, 4) is 0 Å². The van der Waals surface area contributed by atoms with Crippen LogP contribution in [0, 0.1) is 0 Å². The molecule has 0 radical (unpaired) electrons. The number of alkyl carbamates (subject to hydrolysis) is 1. The van der Waals surface area contributed by atoms with Crippen LogP contribution >= 0.6 is 0 Å². The molecule has 0 spiro atoms. The van der Waals surface area contributed by atoms with E-state index < -0.39 is 6.03 Å². The second-order valence-corrected chi connectivity index (χ2v) is 5.24. The van der Waals surface area contributed by atoms with Crippen molar-refractivity contribution in [1.29, 1.82) is 0 Å². The van der Waals surface area contributed by atoms with Gasteiger partial charge in [0, 0.05) is 26.1 Å². The van der Waals surface area contributed by atoms with Gasteiger partial charge in [-0.2, -0.15) is 0 Å². The third-order valence-corrected chi connectivity index (χ3v) is 3.46. The summed E-state index contributed by atoms with van der Waals surface area (Å²) in [6.07, 6.45) is 2.54. The maximum atomic E-state index is 11.5. The van der Waals surface area contributed by atoms with Crippen LogP contribution in [0.2, 0.25) is 0 Å². The summed E-state index contributed by atoms with van der Waals surface area (Å²) in [5.41, 5.74) is 0. The van der Waals surface area contributed by atoms with E-state index in [9.17, 15) is 14.4 Å². The summed E-state index contributed by atoms with van der Waals surface area (Å²) < 4.78 is 4.88. The lowest BCUT2D eigenvalue weighted by atomic mass is 10.1. The van der Waals surface area contributed by atoms with Crippen LogP contribution in [-0.2, 0) is 9.53 Å². The van der Waals surface area contributed by atoms with Crippen LogP contribution in [-0.4, -0.2) is 62.3 Å². The number of urea groups is 1. The number of carbonyl (C=O) groups is 3. The second kappa shape index (κ2) is 9.99. The first-order valence-electron chi connectivity index (χ1n) is 7.72. The average molecular weight is 314 g/mol. The fourth-order valence-corrected chi connectivity index (χ4v) is 2.43. The van der Waals surface area contributed by atoms with Gasteiger partial charge in [-0.3, -0.25) is 10.1 Å². The highest BCUT2D eigenvalue weighted by Gasteiger charge is 2.21. The topological polar surface area (TPSA) is 99.8 Å². The number of hydrogen-bond acceptors (Lipinski definition) is 5. The minimum absolute atomic E-state index is 0.0903.